The highest BCUT2D eigenvalue weighted by Crippen LogP contribution is 2.27. The van der Waals surface area contributed by atoms with Crippen molar-refractivity contribution in [1.82, 2.24) is 5.32 Å². The first-order valence-electron chi connectivity index (χ1n) is 6.06. The zero-order valence-electron chi connectivity index (χ0n) is 11.3. The zero-order valence-corrected chi connectivity index (χ0v) is 11.3. The monoisotopic (exact) mass is 303 g/mol. The number of ether oxygens (including phenoxy) is 1. The number of hydrogen-bond acceptors (Lipinski definition) is 5. The number of hydrogen-bond donors (Lipinski definition) is 2. The predicted molar refractivity (Wildman–Crippen MR) is 71.8 cm³/mol. The Labute approximate surface area is 119 Å². The molecule has 7 nitrogen and oxygen atoms in total. The summed E-state index contributed by atoms with van der Waals surface area (Å²) in [6.45, 7) is -0.744. The number of para-hydroxylation sites is 1. The van der Waals surface area contributed by atoms with Crippen LogP contribution in [-0.4, -0.2) is 44.1 Å². The van der Waals surface area contributed by atoms with Crippen LogP contribution < -0.4 is 10.6 Å². The van der Waals surface area contributed by atoms with E-state index in [4.69, 9.17) is 0 Å². The number of rotatable bonds is 8. The maximum atomic E-state index is 11.9. The Hall–Kier alpha value is -2.29. The van der Waals surface area contributed by atoms with E-state index >= 15 is 0 Å². The van der Waals surface area contributed by atoms with Crippen LogP contribution >= 0.6 is 0 Å². The maximum absolute atomic E-state index is 11.9. The van der Waals surface area contributed by atoms with Gasteiger partial charge in [0.15, 0.2) is 0 Å². The minimum atomic E-state index is -2.56. The molecule has 0 aliphatic rings. The molecule has 0 heterocycles. The molecule has 21 heavy (non-hydrogen) atoms. The SMILES string of the molecule is CNc1c(C(=O)NCCOCC(F)F)cccc1[N+](=O)[O-]. The summed E-state index contributed by atoms with van der Waals surface area (Å²) in [5, 5.41) is 15.9. The van der Waals surface area contributed by atoms with Crippen molar-refractivity contribution in [1.29, 1.82) is 0 Å². The van der Waals surface area contributed by atoms with Crippen molar-refractivity contribution >= 4 is 17.3 Å². The molecule has 0 saturated carbocycles. The Balaban J connectivity index is 2.66. The number of carbonyl (C=O) groups is 1. The van der Waals surface area contributed by atoms with Gasteiger partial charge in [-0.1, -0.05) is 6.07 Å². The summed E-state index contributed by atoms with van der Waals surface area (Å²) in [4.78, 5) is 22.2. The average Bonchev–Trinajstić information content (AvgIpc) is 2.45. The van der Waals surface area contributed by atoms with Gasteiger partial charge < -0.3 is 15.4 Å². The first kappa shape index (κ1) is 16.8. The molecule has 0 bridgehead atoms. The minimum absolute atomic E-state index is 0.0252. The topological polar surface area (TPSA) is 93.5 Å². The van der Waals surface area contributed by atoms with Crippen molar-refractivity contribution < 1.29 is 23.2 Å². The lowest BCUT2D eigenvalue weighted by atomic mass is 10.1. The van der Waals surface area contributed by atoms with Crippen LogP contribution in [-0.2, 0) is 4.74 Å². The molecule has 1 aromatic carbocycles. The van der Waals surface area contributed by atoms with E-state index in [1.165, 1.54) is 25.2 Å². The van der Waals surface area contributed by atoms with Gasteiger partial charge in [-0.05, 0) is 6.07 Å². The van der Waals surface area contributed by atoms with E-state index in [0.717, 1.165) is 0 Å². The van der Waals surface area contributed by atoms with E-state index in [1.807, 2.05) is 0 Å². The second kappa shape index (κ2) is 8.10. The van der Waals surface area contributed by atoms with Crippen LogP contribution in [0, 0.1) is 10.1 Å². The van der Waals surface area contributed by atoms with Gasteiger partial charge in [-0.15, -0.1) is 0 Å². The van der Waals surface area contributed by atoms with Gasteiger partial charge in [-0.3, -0.25) is 14.9 Å². The molecule has 0 saturated heterocycles. The van der Waals surface area contributed by atoms with Crippen LogP contribution in [0.25, 0.3) is 0 Å². The highest BCUT2D eigenvalue weighted by molar-refractivity contribution is 6.01. The number of carbonyl (C=O) groups excluding carboxylic acids is 1. The molecule has 0 fully saturated rings. The highest BCUT2D eigenvalue weighted by Gasteiger charge is 2.20. The number of amides is 1. The lowest BCUT2D eigenvalue weighted by molar-refractivity contribution is -0.384. The van der Waals surface area contributed by atoms with Gasteiger partial charge in [0.25, 0.3) is 18.0 Å². The molecule has 0 aromatic heterocycles. The van der Waals surface area contributed by atoms with E-state index in [2.05, 4.69) is 15.4 Å². The van der Waals surface area contributed by atoms with Gasteiger partial charge >= 0.3 is 0 Å². The van der Waals surface area contributed by atoms with Crippen molar-refractivity contribution in [2.45, 2.75) is 6.43 Å². The third-order valence-electron chi connectivity index (χ3n) is 2.51. The molecule has 2 N–H and O–H groups in total. The quantitative estimate of drug-likeness (QED) is 0.432. The van der Waals surface area contributed by atoms with Crippen molar-refractivity contribution in [3.05, 3.63) is 33.9 Å². The van der Waals surface area contributed by atoms with E-state index in [1.54, 1.807) is 0 Å². The van der Waals surface area contributed by atoms with E-state index < -0.39 is 23.9 Å². The number of nitrogens with one attached hydrogen (secondary N) is 2. The average molecular weight is 303 g/mol. The van der Waals surface area contributed by atoms with Crippen LogP contribution in [0.2, 0.25) is 0 Å². The Bertz CT molecular complexity index is 511. The summed E-state index contributed by atoms with van der Waals surface area (Å²) in [7, 11) is 1.46. The Morgan fingerprint density at radius 3 is 2.76 bits per heavy atom. The molecule has 0 aliphatic heterocycles. The maximum Gasteiger partial charge on any atom is 0.293 e. The van der Waals surface area contributed by atoms with Gasteiger partial charge in [0.1, 0.15) is 12.3 Å². The molecule has 1 aromatic rings. The lowest BCUT2D eigenvalue weighted by Crippen LogP contribution is -2.28. The van der Waals surface area contributed by atoms with Gasteiger partial charge in [0, 0.05) is 19.7 Å². The van der Waals surface area contributed by atoms with E-state index in [0.29, 0.717) is 0 Å². The lowest BCUT2D eigenvalue weighted by Gasteiger charge is -2.10. The first-order valence-corrected chi connectivity index (χ1v) is 6.06. The van der Waals surface area contributed by atoms with E-state index in [-0.39, 0.29) is 30.1 Å². The molecule has 0 unspecified atom stereocenters. The number of halogens is 2. The fraction of sp³-hybridized carbons (Fsp3) is 0.417. The molecule has 0 radical (unpaired) electrons. The molecule has 1 amide bonds. The second-order valence-electron chi connectivity index (χ2n) is 3.93. The first-order chi connectivity index (χ1) is 9.97. The van der Waals surface area contributed by atoms with Crippen LogP contribution in [0.3, 0.4) is 0 Å². The Kier molecular flexibility index (Phi) is 6.47. The third-order valence-corrected chi connectivity index (χ3v) is 2.51. The summed E-state index contributed by atoms with van der Waals surface area (Å²) in [6, 6.07) is 4.09. The van der Waals surface area contributed by atoms with Crippen LogP contribution in [0.5, 0.6) is 0 Å². The fourth-order valence-corrected chi connectivity index (χ4v) is 1.65. The molecular weight excluding hydrogens is 288 g/mol. The number of alkyl halides is 2. The van der Waals surface area contributed by atoms with E-state index in [9.17, 15) is 23.7 Å². The normalized spacial score (nSPS) is 10.5. The van der Waals surface area contributed by atoms with Crippen molar-refractivity contribution in [2.75, 3.05) is 32.1 Å². The largest absolute Gasteiger partial charge is 0.382 e. The number of anilines is 1. The summed E-state index contributed by atoms with van der Waals surface area (Å²) in [5.74, 6) is -0.552. The number of benzene rings is 1. The zero-order chi connectivity index (χ0) is 15.8. The molecular formula is C12H15F2N3O4. The van der Waals surface area contributed by atoms with Crippen LogP contribution in [0.1, 0.15) is 10.4 Å². The summed E-state index contributed by atoms with van der Waals surface area (Å²) >= 11 is 0. The molecule has 0 spiro atoms. The fourth-order valence-electron chi connectivity index (χ4n) is 1.65. The molecule has 0 atom stereocenters. The second-order valence-corrected chi connectivity index (χ2v) is 3.93. The third kappa shape index (κ3) is 4.95. The number of nitrogens with zero attached hydrogens (tertiary/aromatic N) is 1. The molecule has 1 rings (SSSR count). The summed E-state index contributed by atoms with van der Waals surface area (Å²) in [6.07, 6.45) is -2.56. The van der Waals surface area contributed by atoms with Gasteiger partial charge in [-0.2, -0.15) is 0 Å². The van der Waals surface area contributed by atoms with Crippen molar-refractivity contribution in [3.63, 3.8) is 0 Å². The van der Waals surface area contributed by atoms with Gasteiger partial charge in [0.2, 0.25) is 0 Å². The van der Waals surface area contributed by atoms with Crippen LogP contribution in [0.15, 0.2) is 18.2 Å². The molecule has 0 aliphatic carbocycles. The van der Waals surface area contributed by atoms with Gasteiger partial charge in [0.05, 0.1) is 17.1 Å². The smallest absolute Gasteiger partial charge is 0.293 e. The minimum Gasteiger partial charge on any atom is -0.382 e. The summed E-state index contributed by atoms with van der Waals surface area (Å²) in [5.41, 5.74) is -0.0341. The predicted octanol–water partition coefficient (Wildman–Crippen LogP) is 1.65. The summed E-state index contributed by atoms with van der Waals surface area (Å²) < 4.78 is 28.3. The highest BCUT2D eigenvalue weighted by atomic mass is 19.3. The van der Waals surface area contributed by atoms with Gasteiger partial charge in [-0.25, -0.2) is 8.78 Å². The van der Waals surface area contributed by atoms with Crippen molar-refractivity contribution in [2.24, 2.45) is 0 Å². The Morgan fingerprint density at radius 2 is 2.19 bits per heavy atom. The van der Waals surface area contributed by atoms with Crippen LogP contribution in [0.4, 0.5) is 20.2 Å². The molecule has 9 heteroatoms. The molecule has 116 valence electrons. The Morgan fingerprint density at radius 1 is 1.48 bits per heavy atom. The van der Waals surface area contributed by atoms with Crippen molar-refractivity contribution in [3.8, 4) is 0 Å². The standard InChI is InChI=1S/C12H15F2N3O4/c1-15-11-8(3-2-4-9(11)17(19)20)12(18)16-5-6-21-7-10(13)14/h2-4,10,15H,5-7H2,1H3,(H,16,18). The number of nitro benzene ring substituents is 1. The number of nitro groups is 1.